The van der Waals surface area contributed by atoms with Crippen LogP contribution in [0.4, 0.5) is 0 Å². The van der Waals surface area contributed by atoms with Gasteiger partial charge in [0.2, 0.25) is 0 Å². The second-order valence-electron chi connectivity index (χ2n) is 4.40. The molecule has 0 bridgehead atoms. The molecule has 2 aromatic rings. The van der Waals surface area contributed by atoms with Crippen molar-refractivity contribution in [3.63, 3.8) is 0 Å². The fourth-order valence-electron chi connectivity index (χ4n) is 1.56. The fraction of sp³-hybridized carbons (Fsp3) is 0.0667. The van der Waals surface area contributed by atoms with E-state index < -0.39 is 5.91 Å². The summed E-state index contributed by atoms with van der Waals surface area (Å²) in [6.45, 7) is -0.190. The molecule has 1 amide bonds. The number of halogens is 2. The number of nitrogens with zero attached hydrogens (tertiary/aromatic N) is 1. The molecule has 0 aliphatic rings. The Morgan fingerprint density at radius 1 is 1.17 bits per heavy atom. The molecule has 0 heterocycles. The lowest BCUT2D eigenvalue weighted by Crippen LogP contribution is -2.24. The predicted octanol–water partition coefficient (Wildman–Crippen LogP) is 3.15. The van der Waals surface area contributed by atoms with Crippen LogP contribution in [0.5, 0.6) is 17.2 Å². The molecular formula is C15H12Br2N2O4. The van der Waals surface area contributed by atoms with E-state index in [1.807, 2.05) is 0 Å². The molecular weight excluding hydrogens is 432 g/mol. The number of rotatable bonds is 5. The summed E-state index contributed by atoms with van der Waals surface area (Å²) >= 11 is 6.43. The first-order chi connectivity index (χ1) is 11.0. The van der Waals surface area contributed by atoms with E-state index in [1.54, 1.807) is 24.3 Å². The van der Waals surface area contributed by atoms with E-state index >= 15 is 0 Å². The number of hydrogen-bond acceptors (Lipinski definition) is 5. The standard InChI is InChI=1S/C15H12Br2N2O4/c16-10-1-3-11(4-2-10)23-8-15(22)19-18-7-9-5-12(17)14(21)6-13(9)20/h1-7,20-21H,8H2,(H,19,22)/b18-7-. The number of carbonyl (C=O) groups excluding carboxylic acids is 1. The van der Waals surface area contributed by atoms with Gasteiger partial charge < -0.3 is 14.9 Å². The molecule has 0 aliphatic heterocycles. The van der Waals surface area contributed by atoms with Crippen molar-refractivity contribution in [2.75, 3.05) is 6.61 Å². The Morgan fingerprint density at radius 3 is 2.57 bits per heavy atom. The van der Waals surface area contributed by atoms with Crippen molar-refractivity contribution in [2.24, 2.45) is 5.10 Å². The van der Waals surface area contributed by atoms with Gasteiger partial charge in [-0.2, -0.15) is 5.10 Å². The first-order valence-corrected chi connectivity index (χ1v) is 7.96. The molecule has 3 N–H and O–H groups in total. The maximum absolute atomic E-state index is 11.6. The van der Waals surface area contributed by atoms with Crippen molar-refractivity contribution in [3.05, 3.63) is 50.9 Å². The zero-order chi connectivity index (χ0) is 16.8. The number of phenols is 2. The minimum Gasteiger partial charge on any atom is -0.507 e. The lowest BCUT2D eigenvalue weighted by Gasteiger charge is -2.05. The van der Waals surface area contributed by atoms with E-state index in [-0.39, 0.29) is 18.1 Å². The molecule has 23 heavy (non-hydrogen) atoms. The highest BCUT2D eigenvalue weighted by Crippen LogP contribution is 2.30. The summed E-state index contributed by atoms with van der Waals surface area (Å²) < 4.78 is 6.61. The largest absolute Gasteiger partial charge is 0.507 e. The molecule has 0 unspecified atom stereocenters. The quantitative estimate of drug-likeness (QED) is 0.489. The summed E-state index contributed by atoms with van der Waals surface area (Å²) in [6.07, 6.45) is 1.26. The SMILES string of the molecule is O=C(COc1ccc(Br)cc1)N/N=C\c1cc(Br)c(O)cc1O. The van der Waals surface area contributed by atoms with Crippen LogP contribution in [0.3, 0.4) is 0 Å². The zero-order valence-electron chi connectivity index (χ0n) is 11.7. The normalized spacial score (nSPS) is 10.7. The fourth-order valence-corrected chi connectivity index (χ4v) is 2.18. The van der Waals surface area contributed by atoms with Crippen molar-refractivity contribution in [1.82, 2.24) is 5.43 Å². The molecule has 0 saturated heterocycles. The highest BCUT2D eigenvalue weighted by molar-refractivity contribution is 9.10. The lowest BCUT2D eigenvalue weighted by molar-refractivity contribution is -0.123. The Morgan fingerprint density at radius 2 is 1.87 bits per heavy atom. The molecule has 0 fully saturated rings. The number of benzene rings is 2. The van der Waals surface area contributed by atoms with E-state index in [0.29, 0.717) is 15.8 Å². The Bertz CT molecular complexity index is 733. The minimum absolute atomic E-state index is 0.0911. The second kappa shape index (κ2) is 7.98. The van der Waals surface area contributed by atoms with Crippen molar-refractivity contribution in [3.8, 4) is 17.2 Å². The average molecular weight is 444 g/mol. The molecule has 0 aliphatic carbocycles. The first kappa shape index (κ1) is 17.3. The van der Waals surface area contributed by atoms with Gasteiger partial charge in [0.25, 0.3) is 5.91 Å². The van der Waals surface area contributed by atoms with Gasteiger partial charge in [0.15, 0.2) is 6.61 Å². The van der Waals surface area contributed by atoms with Gasteiger partial charge in [-0.15, -0.1) is 0 Å². The van der Waals surface area contributed by atoms with Gasteiger partial charge in [-0.3, -0.25) is 4.79 Å². The van der Waals surface area contributed by atoms with E-state index in [9.17, 15) is 15.0 Å². The molecule has 2 rings (SSSR count). The van der Waals surface area contributed by atoms with Crippen LogP contribution in [-0.4, -0.2) is 28.9 Å². The van der Waals surface area contributed by atoms with E-state index in [0.717, 1.165) is 4.47 Å². The maximum atomic E-state index is 11.6. The van der Waals surface area contributed by atoms with Crippen LogP contribution in [-0.2, 0) is 4.79 Å². The van der Waals surface area contributed by atoms with Gasteiger partial charge in [-0.1, -0.05) is 15.9 Å². The van der Waals surface area contributed by atoms with Gasteiger partial charge in [0.05, 0.1) is 10.7 Å². The Hall–Kier alpha value is -2.06. The van der Waals surface area contributed by atoms with Crippen molar-refractivity contribution < 1.29 is 19.7 Å². The monoisotopic (exact) mass is 442 g/mol. The van der Waals surface area contributed by atoms with Crippen molar-refractivity contribution in [1.29, 1.82) is 0 Å². The Balaban J connectivity index is 1.86. The van der Waals surface area contributed by atoms with Crippen LogP contribution < -0.4 is 10.2 Å². The Kier molecular flexibility index (Phi) is 6.00. The van der Waals surface area contributed by atoms with Crippen LogP contribution in [0.15, 0.2) is 50.4 Å². The summed E-state index contributed by atoms with van der Waals surface area (Å²) in [5.41, 5.74) is 2.62. The van der Waals surface area contributed by atoms with Gasteiger partial charge in [0, 0.05) is 16.1 Å². The number of ether oxygens (including phenoxy) is 1. The first-order valence-electron chi connectivity index (χ1n) is 6.37. The topological polar surface area (TPSA) is 91.2 Å². The van der Waals surface area contributed by atoms with Crippen LogP contribution in [0.1, 0.15) is 5.56 Å². The third kappa shape index (κ3) is 5.26. The highest BCUT2D eigenvalue weighted by Gasteiger charge is 2.05. The second-order valence-corrected chi connectivity index (χ2v) is 6.17. The van der Waals surface area contributed by atoms with Crippen molar-refractivity contribution >= 4 is 44.0 Å². The summed E-state index contributed by atoms with van der Waals surface area (Å²) in [4.78, 5) is 11.6. The van der Waals surface area contributed by atoms with Crippen LogP contribution in [0, 0.1) is 0 Å². The molecule has 0 radical (unpaired) electrons. The van der Waals surface area contributed by atoms with E-state index in [4.69, 9.17) is 4.74 Å². The third-order valence-corrected chi connectivity index (χ3v) is 3.84. The number of hydrazone groups is 1. The van der Waals surface area contributed by atoms with Gasteiger partial charge in [-0.05, 0) is 46.3 Å². The highest BCUT2D eigenvalue weighted by atomic mass is 79.9. The van der Waals surface area contributed by atoms with Gasteiger partial charge >= 0.3 is 0 Å². The molecule has 6 nitrogen and oxygen atoms in total. The molecule has 0 spiro atoms. The number of amides is 1. The van der Waals surface area contributed by atoms with Crippen LogP contribution in [0.2, 0.25) is 0 Å². The van der Waals surface area contributed by atoms with Crippen LogP contribution in [0.25, 0.3) is 0 Å². The summed E-state index contributed by atoms with van der Waals surface area (Å²) in [5.74, 6) is -0.129. The molecule has 0 aromatic heterocycles. The van der Waals surface area contributed by atoms with E-state index in [2.05, 4.69) is 42.4 Å². The molecule has 0 saturated carbocycles. The smallest absolute Gasteiger partial charge is 0.277 e. The predicted molar refractivity (Wildman–Crippen MR) is 92.8 cm³/mol. The van der Waals surface area contributed by atoms with Gasteiger partial charge in [-0.25, -0.2) is 5.43 Å². The summed E-state index contributed by atoms with van der Waals surface area (Å²) in [7, 11) is 0. The average Bonchev–Trinajstić information content (AvgIpc) is 2.52. The lowest BCUT2D eigenvalue weighted by atomic mass is 10.2. The van der Waals surface area contributed by atoms with Crippen molar-refractivity contribution in [2.45, 2.75) is 0 Å². The maximum Gasteiger partial charge on any atom is 0.277 e. The molecule has 8 heteroatoms. The Labute approximate surface area is 149 Å². The number of carbonyl (C=O) groups is 1. The number of phenolic OH excluding ortho intramolecular Hbond substituents is 2. The van der Waals surface area contributed by atoms with Crippen LogP contribution >= 0.6 is 31.9 Å². The molecule has 120 valence electrons. The number of hydrogen-bond donors (Lipinski definition) is 3. The summed E-state index contributed by atoms with van der Waals surface area (Å²) in [6, 6.07) is 9.70. The minimum atomic E-state index is -0.443. The van der Waals surface area contributed by atoms with E-state index in [1.165, 1.54) is 18.3 Å². The third-order valence-electron chi connectivity index (χ3n) is 2.67. The number of nitrogens with one attached hydrogen (secondary N) is 1. The molecule has 0 atom stereocenters. The summed E-state index contributed by atoms with van der Waals surface area (Å²) in [5, 5.41) is 22.8. The van der Waals surface area contributed by atoms with Gasteiger partial charge in [0.1, 0.15) is 17.2 Å². The zero-order valence-corrected chi connectivity index (χ0v) is 14.8. The number of aromatic hydroxyl groups is 2. The molecule has 2 aromatic carbocycles.